The van der Waals surface area contributed by atoms with E-state index in [1.807, 2.05) is 13.8 Å². The molecule has 108 valence electrons. The van der Waals surface area contributed by atoms with Crippen LogP contribution in [0.5, 0.6) is 0 Å². The van der Waals surface area contributed by atoms with E-state index in [-0.39, 0.29) is 5.92 Å². The predicted molar refractivity (Wildman–Crippen MR) is 76.1 cm³/mol. The van der Waals surface area contributed by atoms with E-state index in [1.54, 1.807) is 18.2 Å². The van der Waals surface area contributed by atoms with Gasteiger partial charge in [0.25, 0.3) is 0 Å². The van der Waals surface area contributed by atoms with E-state index in [0.29, 0.717) is 15.6 Å². The van der Waals surface area contributed by atoms with Crippen molar-refractivity contribution in [1.82, 2.24) is 0 Å². The molecule has 0 aliphatic heterocycles. The Balaban J connectivity index is 3.16. The maximum Gasteiger partial charge on any atom is 0.211 e. The van der Waals surface area contributed by atoms with Crippen LogP contribution in [0, 0.1) is 5.92 Å². The molecule has 3 N–H and O–H groups in total. The molecule has 0 saturated heterocycles. The zero-order valence-electron chi connectivity index (χ0n) is 11.1. The van der Waals surface area contributed by atoms with Gasteiger partial charge in [-0.25, -0.2) is 0 Å². The van der Waals surface area contributed by atoms with Crippen molar-refractivity contribution in [2.24, 2.45) is 11.7 Å². The molecule has 1 aromatic rings. The van der Waals surface area contributed by atoms with E-state index in [0.717, 1.165) is 0 Å². The van der Waals surface area contributed by atoms with Crippen LogP contribution in [0.1, 0.15) is 25.5 Å². The SMILES string of the molecule is CO[C@@H](c1c(Cl)cccc1Cl)[C@@H](OC(N)O)C(C)C. The van der Waals surface area contributed by atoms with Gasteiger partial charge in [0.05, 0.1) is 6.10 Å². The largest absolute Gasteiger partial charge is 0.374 e. The fourth-order valence-electron chi connectivity index (χ4n) is 1.94. The second-order valence-corrected chi connectivity index (χ2v) is 5.34. The minimum atomic E-state index is -1.38. The van der Waals surface area contributed by atoms with Crippen LogP contribution >= 0.6 is 23.2 Å². The molecule has 0 radical (unpaired) electrons. The summed E-state index contributed by atoms with van der Waals surface area (Å²) in [7, 11) is 1.53. The Morgan fingerprint density at radius 1 is 1.21 bits per heavy atom. The van der Waals surface area contributed by atoms with Crippen molar-refractivity contribution >= 4 is 23.2 Å². The van der Waals surface area contributed by atoms with Gasteiger partial charge in [-0.2, -0.15) is 0 Å². The molecule has 0 heterocycles. The second kappa shape index (κ2) is 7.43. The maximum absolute atomic E-state index is 9.24. The van der Waals surface area contributed by atoms with Crippen LogP contribution in [0.2, 0.25) is 10.0 Å². The summed E-state index contributed by atoms with van der Waals surface area (Å²) in [5, 5.41) is 10.2. The lowest BCUT2D eigenvalue weighted by Gasteiger charge is -2.31. The summed E-state index contributed by atoms with van der Waals surface area (Å²) in [4.78, 5) is 0. The predicted octanol–water partition coefficient (Wildman–Crippen LogP) is 2.96. The summed E-state index contributed by atoms with van der Waals surface area (Å²) in [5.41, 5.74) is 5.92. The molecule has 0 aliphatic rings. The molecule has 0 fully saturated rings. The Hall–Kier alpha value is -0.360. The number of hydrogen-bond acceptors (Lipinski definition) is 4. The zero-order valence-corrected chi connectivity index (χ0v) is 12.7. The van der Waals surface area contributed by atoms with E-state index in [4.69, 9.17) is 38.4 Å². The van der Waals surface area contributed by atoms with Gasteiger partial charge in [0.1, 0.15) is 6.10 Å². The highest BCUT2D eigenvalue weighted by Crippen LogP contribution is 2.37. The fraction of sp³-hybridized carbons (Fsp3) is 0.538. The van der Waals surface area contributed by atoms with Crippen molar-refractivity contribution in [2.45, 2.75) is 32.5 Å². The number of halogens is 2. The molecule has 4 nitrogen and oxygen atoms in total. The fourth-order valence-corrected chi connectivity index (χ4v) is 2.55. The second-order valence-electron chi connectivity index (χ2n) is 4.53. The number of aliphatic hydroxyl groups is 1. The van der Waals surface area contributed by atoms with Gasteiger partial charge < -0.3 is 14.6 Å². The summed E-state index contributed by atoms with van der Waals surface area (Å²) in [5.74, 6) is 0.0514. The molecular weight excluding hydrogens is 289 g/mol. The van der Waals surface area contributed by atoms with Gasteiger partial charge in [-0.15, -0.1) is 0 Å². The van der Waals surface area contributed by atoms with Crippen molar-refractivity contribution < 1.29 is 14.6 Å². The minimum Gasteiger partial charge on any atom is -0.374 e. The number of ether oxygens (including phenoxy) is 2. The Kier molecular flexibility index (Phi) is 6.53. The van der Waals surface area contributed by atoms with Gasteiger partial charge in [-0.1, -0.05) is 43.1 Å². The smallest absolute Gasteiger partial charge is 0.211 e. The lowest BCUT2D eigenvalue weighted by molar-refractivity contribution is -0.181. The third-order valence-corrected chi connectivity index (χ3v) is 3.45. The van der Waals surface area contributed by atoms with Crippen molar-refractivity contribution in [1.29, 1.82) is 0 Å². The molecule has 1 rings (SSSR count). The number of methoxy groups -OCH3 is 1. The Labute approximate surface area is 123 Å². The average molecular weight is 308 g/mol. The summed E-state index contributed by atoms with van der Waals surface area (Å²) in [6.45, 7) is 3.87. The van der Waals surface area contributed by atoms with Gasteiger partial charge in [-0.3, -0.25) is 5.73 Å². The first-order valence-corrected chi connectivity index (χ1v) is 6.69. The summed E-state index contributed by atoms with van der Waals surface area (Å²) < 4.78 is 10.8. The minimum absolute atomic E-state index is 0.0514. The van der Waals surface area contributed by atoms with E-state index in [1.165, 1.54) is 7.11 Å². The first-order chi connectivity index (χ1) is 8.88. The molecule has 19 heavy (non-hydrogen) atoms. The quantitative estimate of drug-likeness (QED) is 0.793. The van der Waals surface area contributed by atoms with Crippen molar-refractivity contribution in [2.75, 3.05) is 7.11 Å². The van der Waals surface area contributed by atoms with E-state index >= 15 is 0 Å². The molecule has 0 bridgehead atoms. The molecule has 1 unspecified atom stereocenters. The third-order valence-electron chi connectivity index (χ3n) is 2.79. The number of aliphatic hydroxyl groups excluding tert-OH is 1. The molecule has 6 heteroatoms. The first-order valence-electron chi connectivity index (χ1n) is 5.94. The number of hydrogen-bond donors (Lipinski definition) is 2. The van der Waals surface area contributed by atoms with E-state index < -0.39 is 18.6 Å². The first kappa shape index (κ1) is 16.7. The highest BCUT2D eigenvalue weighted by Gasteiger charge is 2.31. The highest BCUT2D eigenvalue weighted by atomic mass is 35.5. The molecule has 0 amide bonds. The molecule has 3 atom stereocenters. The van der Waals surface area contributed by atoms with Gasteiger partial charge in [0, 0.05) is 22.7 Å². The van der Waals surface area contributed by atoms with E-state index in [2.05, 4.69) is 0 Å². The summed E-state index contributed by atoms with van der Waals surface area (Å²) in [6, 6.07) is 5.21. The van der Waals surface area contributed by atoms with Crippen LogP contribution in [-0.2, 0) is 9.47 Å². The summed E-state index contributed by atoms with van der Waals surface area (Å²) in [6.07, 6.45) is -2.37. The Morgan fingerprint density at radius 2 is 1.74 bits per heavy atom. The van der Waals surface area contributed by atoms with Gasteiger partial charge in [0.15, 0.2) is 0 Å². The number of benzene rings is 1. The molecule has 0 spiro atoms. The number of rotatable bonds is 6. The molecule has 0 aliphatic carbocycles. The van der Waals surface area contributed by atoms with Crippen LogP contribution in [0.25, 0.3) is 0 Å². The summed E-state index contributed by atoms with van der Waals surface area (Å²) >= 11 is 12.3. The molecule has 0 aromatic heterocycles. The van der Waals surface area contributed by atoms with Crippen molar-refractivity contribution in [3.8, 4) is 0 Å². The topological polar surface area (TPSA) is 64.7 Å². The van der Waals surface area contributed by atoms with Crippen LogP contribution in [-0.4, -0.2) is 24.7 Å². The lowest BCUT2D eigenvalue weighted by atomic mass is 9.95. The molecule has 0 saturated carbocycles. The monoisotopic (exact) mass is 307 g/mol. The van der Waals surface area contributed by atoms with Crippen molar-refractivity contribution in [3.05, 3.63) is 33.8 Å². The Morgan fingerprint density at radius 3 is 2.11 bits per heavy atom. The van der Waals surface area contributed by atoms with Crippen molar-refractivity contribution in [3.63, 3.8) is 0 Å². The standard InChI is InChI=1S/C13H19Cl2NO3/c1-7(2)11(19-13(16)17)12(18-3)10-8(14)5-4-6-9(10)15/h4-7,11-13,17H,16H2,1-3H3/t11-,12-,13?/m0/s1. The highest BCUT2D eigenvalue weighted by molar-refractivity contribution is 6.36. The zero-order chi connectivity index (χ0) is 14.6. The van der Waals surface area contributed by atoms with E-state index in [9.17, 15) is 5.11 Å². The van der Waals surface area contributed by atoms with Crippen LogP contribution in [0.4, 0.5) is 0 Å². The van der Waals surface area contributed by atoms with Gasteiger partial charge in [0.2, 0.25) is 6.41 Å². The van der Waals surface area contributed by atoms with Crippen LogP contribution in [0.15, 0.2) is 18.2 Å². The Bertz CT molecular complexity index is 393. The maximum atomic E-state index is 9.24. The molecule has 1 aromatic carbocycles. The van der Waals surface area contributed by atoms with Crippen LogP contribution in [0.3, 0.4) is 0 Å². The molecular formula is C13H19Cl2NO3. The van der Waals surface area contributed by atoms with Crippen LogP contribution < -0.4 is 5.73 Å². The normalized spacial score (nSPS) is 16.4. The number of nitrogens with two attached hydrogens (primary N) is 1. The van der Waals surface area contributed by atoms with Gasteiger partial charge >= 0.3 is 0 Å². The average Bonchev–Trinajstić information content (AvgIpc) is 2.31. The third kappa shape index (κ3) is 4.31. The van der Waals surface area contributed by atoms with Gasteiger partial charge in [-0.05, 0) is 18.1 Å². The lowest BCUT2D eigenvalue weighted by Crippen LogP contribution is -2.37.